The minimum Gasteiger partial charge on any atom is -0.343 e. The van der Waals surface area contributed by atoms with E-state index < -0.39 is 25.2 Å². The summed E-state index contributed by atoms with van der Waals surface area (Å²) in [6.45, 7) is -0.161. The van der Waals surface area contributed by atoms with Gasteiger partial charge in [0.25, 0.3) is 14.6 Å². The molecule has 11 heteroatoms. The molecule has 0 fully saturated rings. The minimum absolute atomic E-state index is 0.141. The molecule has 0 bridgehead atoms. The van der Waals surface area contributed by atoms with E-state index in [9.17, 15) is 18.0 Å². The number of nitrogens with one attached hydrogen (secondary N) is 1. The summed E-state index contributed by atoms with van der Waals surface area (Å²) in [5, 5.41) is 3.45. The van der Waals surface area contributed by atoms with Crippen LogP contribution < -0.4 is 11.2 Å². The zero-order valence-corrected chi connectivity index (χ0v) is 10.1. The molecule has 1 N–H and O–H groups in total. The summed E-state index contributed by atoms with van der Waals surface area (Å²) in [5.41, 5.74) is -1.90. The highest BCUT2D eigenvalue weighted by Gasteiger charge is 2.17. The van der Waals surface area contributed by atoms with Crippen LogP contribution in [0.1, 0.15) is 5.82 Å². The zero-order chi connectivity index (χ0) is 13.3. The Morgan fingerprint density at radius 2 is 2.17 bits per heavy atom. The van der Waals surface area contributed by atoms with E-state index in [1.807, 2.05) is 4.98 Å². The van der Waals surface area contributed by atoms with Gasteiger partial charge in [0.15, 0.2) is 10.7 Å². The number of hydrogen-bond acceptors (Lipinski definition) is 7. The first-order valence-corrected chi connectivity index (χ1v) is 6.72. The zero-order valence-electron chi connectivity index (χ0n) is 8.53. The Morgan fingerprint density at radius 1 is 1.44 bits per heavy atom. The number of aromatic nitrogens is 4. The Morgan fingerprint density at radius 3 is 2.72 bits per heavy atom. The number of rotatable bonds is 3. The molecule has 2 aromatic rings. The maximum atomic E-state index is 11.4. The third-order valence-electron chi connectivity index (χ3n) is 1.96. The molecule has 9 nitrogen and oxygen atoms in total. The van der Waals surface area contributed by atoms with Crippen molar-refractivity contribution >= 4 is 19.7 Å². The fraction of sp³-hybridized carbons (Fsp3) is 0.143. The molecule has 0 saturated carbocycles. The molecule has 0 atom stereocenters. The largest absolute Gasteiger partial charge is 0.343 e. The SMILES string of the molecule is O=c1[nH]c(=O)n(Cc2ncon2)cc1S(=O)(=O)Cl. The van der Waals surface area contributed by atoms with Crippen LogP contribution in [0.15, 0.2) is 31.6 Å². The summed E-state index contributed by atoms with van der Waals surface area (Å²) >= 11 is 0. The highest BCUT2D eigenvalue weighted by Crippen LogP contribution is 2.07. The maximum Gasteiger partial charge on any atom is 0.328 e. The van der Waals surface area contributed by atoms with E-state index in [1.54, 1.807) is 0 Å². The normalized spacial score (nSPS) is 11.6. The Bertz CT molecular complexity index is 775. The minimum atomic E-state index is -4.25. The van der Waals surface area contributed by atoms with Crippen molar-refractivity contribution in [3.05, 3.63) is 39.3 Å². The molecule has 0 aliphatic heterocycles. The highest BCUT2D eigenvalue weighted by molar-refractivity contribution is 8.13. The second kappa shape index (κ2) is 4.38. The van der Waals surface area contributed by atoms with Crippen LogP contribution in [0.3, 0.4) is 0 Å². The molecule has 0 amide bonds. The number of hydrogen-bond donors (Lipinski definition) is 1. The molecule has 2 rings (SSSR count). The van der Waals surface area contributed by atoms with Gasteiger partial charge in [0, 0.05) is 16.9 Å². The molecule has 0 aliphatic carbocycles. The van der Waals surface area contributed by atoms with Crippen LogP contribution >= 0.6 is 10.7 Å². The van der Waals surface area contributed by atoms with Crippen LogP contribution in [-0.2, 0) is 15.6 Å². The molecule has 0 aliphatic rings. The quantitative estimate of drug-likeness (QED) is 0.711. The van der Waals surface area contributed by atoms with E-state index in [4.69, 9.17) is 10.7 Å². The number of aromatic amines is 1. The molecule has 2 aromatic heterocycles. The van der Waals surface area contributed by atoms with E-state index in [0.29, 0.717) is 0 Å². The summed E-state index contributed by atoms with van der Waals surface area (Å²) in [5.74, 6) is 0.141. The van der Waals surface area contributed by atoms with Crippen LogP contribution in [0, 0.1) is 0 Å². The van der Waals surface area contributed by atoms with Crippen molar-refractivity contribution in [3.8, 4) is 0 Å². The average Bonchev–Trinajstić information content (AvgIpc) is 2.72. The second-order valence-electron chi connectivity index (χ2n) is 3.17. The monoisotopic (exact) mass is 292 g/mol. The smallest absolute Gasteiger partial charge is 0.328 e. The van der Waals surface area contributed by atoms with E-state index in [1.165, 1.54) is 0 Å². The summed E-state index contributed by atoms with van der Waals surface area (Å²) in [6, 6.07) is 0. The van der Waals surface area contributed by atoms with Crippen molar-refractivity contribution in [3.63, 3.8) is 0 Å². The first-order chi connectivity index (χ1) is 8.38. The molecular formula is C7H5ClN4O5S. The number of H-pyrrole nitrogens is 1. The van der Waals surface area contributed by atoms with Crippen LogP contribution in [0.2, 0.25) is 0 Å². The van der Waals surface area contributed by atoms with Crippen LogP contribution in [0.25, 0.3) is 0 Å². The van der Waals surface area contributed by atoms with Gasteiger partial charge in [0.2, 0.25) is 6.39 Å². The van der Waals surface area contributed by atoms with Gasteiger partial charge < -0.3 is 4.52 Å². The molecule has 0 radical (unpaired) electrons. The molecule has 0 spiro atoms. The Balaban J connectivity index is 2.56. The summed E-state index contributed by atoms with van der Waals surface area (Å²) in [4.78, 5) is 27.4. The summed E-state index contributed by atoms with van der Waals surface area (Å²) < 4.78 is 27.5. The third kappa shape index (κ3) is 2.49. The predicted molar refractivity (Wildman–Crippen MR) is 57.8 cm³/mol. The Kier molecular flexibility index (Phi) is 3.05. The van der Waals surface area contributed by atoms with Gasteiger partial charge in [-0.1, -0.05) is 5.16 Å². The first-order valence-electron chi connectivity index (χ1n) is 4.41. The van der Waals surface area contributed by atoms with Crippen molar-refractivity contribution in [2.45, 2.75) is 11.4 Å². The lowest BCUT2D eigenvalue weighted by Crippen LogP contribution is -2.32. The van der Waals surface area contributed by atoms with Crippen molar-refractivity contribution in [1.29, 1.82) is 0 Å². The van der Waals surface area contributed by atoms with Crippen LogP contribution in [-0.4, -0.2) is 28.1 Å². The first kappa shape index (κ1) is 12.5. The van der Waals surface area contributed by atoms with Crippen molar-refractivity contribution in [1.82, 2.24) is 19.7 Å². The van der Waals surface area contributed by atoms with Gasteiger partial charge in [0.05, 0.1) is 6.54 Å². The van der Waals surface area contributed by atoms with E-state index in [2.05, 4.69) is 14.7 Å². The van der Waals surface area contributed by atoms with Crippen LogP contribution in [0.4, 0.5) is 0 Å². The number of nitrogens with zero attached hydrogens (tertiary/aromatic N) is 3. The number of halogens is 1. The highest BCUT2D eigenvalue weighted by atomic mass is 35.7. The molecule has 2 heterocycles. The molecule has 18 heavy (non-hydrogen) atoms. The molecular weight excluding hydrogens is 288 g/mol. The van der Waals surface area contributed by atoms with Gasteiger partial charge in [-0.05, 0) is 0 Å². The fourth-order valence-electron chi connectivity index (χ4n) is 1.19. The second-order valence-corrected chi connectivity index (χ2v) is 5.70. The van der Waals surface area contributed by atoms with Crippen LogP contribution in [0.5, 0.6) is 0 Å². The Hall–Kier alpha value is -1.94. The van der Waals surface area contributed by atoms with Gasteiger partial charge in [-0.2, -0.15) is 4.98 Å². The molecule has 0 aromatic carbocycles. The lowest BCUT2D eigenvalue weighted by molar-refractivity contribution is 0.407. The lowest BCUT2D eigenvalue weighted by atomic mass is 10.5. The van der Waals surface area contributed by atoms with Gasteiger partial charge in [-0.15, -0.1) is 0 Å². The molecule has 0 unspecified atom stereocenters. The summed E-state index contributed by atoms with van der Waals surface area (Å²) in [7, 11) is 0.810. The van der Waals surface area contributed by atoms with Crippen molar-refractivity contribution in [2.75, 3.05) is 0 Å². The van der Waals surface area contributed by atoms with Gasteiger partial charge in [-0.25, -0.2) is 13.2 Å². The molecule has 0 saturated heterocycles. The Labute approximate surface area is 103 Å². The van der Waals surface area contributed by atoms with E-state index >= 15 is 0 Å². The van der Waals surface area contributed by atoms with E-state index in [0.717, 1.165) is 17.2 Å². The van der Waals surface area contributed by atoms with Gasteiger partial charge in [0.1, 0.15) is 0 Å². The summed E-state index contributed by atoms with van der Waals surface area (Å²) in [6.07, 6.45) is 1.87. The topological polar surface area (TPSA) is 128 Å². The maximum absolute atomic E-state index is 11.4. The third-order valence-corrected chi connectivity index (χ3v) is 3.27. The standard InChI is InChI=1S/C7H5ClN4O5S/c8-18(15,16)4-1-12(7(14)10-6(4)13)2-5-9-3-17-11-5/h1,3H,2H2,(H,10,13,14). The van der Waals surface area contributed by atoms with Crippen molar-refractivity contribution in [2.24, 2.45) is 0 Å². The lowest BCUT2D eigenvalue weighted by Gasteiger charge is -2.02. The predicted octanol–water partition coefficient (Wildman–Crippen LogP) is -1.10. The van der Waals surface area contributed by atoms with Gasteiger partial charge >= 0.3 is 5.69 Å². The van der Waals surface area contributed by atoms with Crippen molar-refractivity contribution < 1.29 is 12.9 Å². The van der Waals surface area contributed by atoms with Gasteiger partial charge in [-0.3, -0.25) is 14.3 Å². The van der Waals surface area contributed by atoms with E-state index in [-0.39, 0.29) is 12.4 Å². The average molecular weight is 293 g/mol. The fourth-order valence-corrected chi connectivity index (χ4v) is 2.05. The molecule has 96 valence electrons.